The zero-order valence-corrected chi connectivity index (χ0v) is 8.35. The van der Waals surface area contributed by atoms with E-state index in [0.717, 1.165) is 4.47 Å². The van der Waals surface area contributed by atoms with Gasteiger partial charge in [-0.2, -0.15) is 0 Å². The molecule has 1 heteroatoms. The number of hydrogen-bond acceptors (Lipinski definition) is 0. The largest absolute Gasteiger partial charge is 0.0871 e. The lowest BCUT2D eigenvalue weighted by Crippen LogP contribution is -1.76. The Morgan fingerprint density at radius 1 is 1.27 bits per heavy atom. The summed E-state index contributed by atoms with van der Waals surface area (Å²) in [5, 5.41) is 0. The van der Waals surface area contributed by atoms with Crippen molar-refractivity contribution in [3.63, 3.8) is 0 Å². The Balaban J connectivity index is 3.08. The number of rotatable bonds is 1. The Morgan fingerprint density at radius 3 is 2.55 bits per heavy atom. The van der Waals surface area contributed by atoms with Crippen molar-refractivity contribution in [2.45, 2.75) is 13.8 Å². The van der Waals surface area contributed by atoms with E-state index in [4.69, 9.17) is 0 Å². The first-order valence-corrected chi connectivity index (χ1v) is 4.41. The molecule has 0 N–H and O–H groups in total. The lowest BCUT2D eigenvalue weighted by atomic mass is 10.1. The van der Waals surface area contributed by atoms with Crippen molar-refractivity contribution >= 4 is 22.0 Å². The fourth-order valence-electron chi connectivity index (χ4n) is 1.05. The minimum atomic E-state index is 1.14. The molecule has 0 saturated heterocycles. The Bertz CT molecular complexity index is 254. The van der Waals surface area contributed by atoms with Gasteiger partial charge in [0.25, 0.3) is 0 Å². The molecule has 0 aliphatic heterocycles. The molecule has 0 amide bonds. The highest BCUT2D eigenvalue weighted by molar-refractivity contribution is 9.10. The monoisotopic (exact) mass is 210 g/mol. The third-order valence-corrected chi connectivity index (χ3v) is 1.88. The van der Waals surface area contributed by atoms with E-state index in [1.807, 2.05) is 13.0 Å². The first-order chi connectivity index (χ1) is 5.22. The highest BCUT2D eigenvalue weighted by atomic mass is 79.9. The van der Waals surface area contributed by atoms with Crippen molar-refractivity contribution in [2.24, 2.45) is 0 Å². The molecule has 1 aromatic carbocycles. The maximum Gasteiger partial charge on any atom is 0.0183 e. The van der Waals surface area contributed by atoms with Gasteiger partial charge in [0, 0.05) is 4.47 Å². The molecule has 0 nitrogen and oxygen atoms in total. The maximum atomic E-state index is 3.45. The summed E-state index contributed by atoms with van der Waals surface area (Å²) in [6.07, 6.45) is 4.14. The molecular weight excluding hydrogens is 200 g/mol. The van der Waals surface area contributed by atoms with E-state index in [0.29, 0.717) is 0 Å². The third kappa shape index (κ3) is 2.51. The summed E-state index contributed by atoms with van der Waals surface area (Å²) in [5.41, 5.74) is 2.53. The number of benzene rings is 1. The molecule has 58 valence electrons. The molecule has 0 atom stereocenters. The minimum absolute atomic E-state index is 1.14. The van der Waals surface area contributed by atoms with Crippen molar-refractivity contribution in [3.05, 3.63) is 39.9 Å². The standard InChI is InChI=1S/C10H11Br/c1-3-4-9-5-8(2)6-10(11)7-9/h3-7H,1-2H3/b4-3+. The average molecular weight is 211 g/mol. The van der Waals surface area contributed by atoms with Gasteiger partial charge < -0.3 is 0 Å². The molecule has 0 aliphatic rings. The van der Waals surface area contributed by atoms with E-state index < -0.39 is 0 Å². The van der Waals surface area contributed by atoms with Gasteiger partial charge in [0.2, 0.25) is 0 Å². The van der Waals surface area contributed by atoms with Crippen LogP contribution in [0.15, 0.2) is 28.7 Å². The van der Waals surface area contributed by atoms with Crippen LogP contribution in [0.1, 0.15) is 18.1 Å². The van der Waals surface area contributed by atoms with Crippen molar-refractivity contribution in [3.8, 4) is 0 Å². The molecule has 0 aromatic heterocycles. The average Bonchev–Trinajstić information content (AvgIpc) is 1.85. The predicted octanol–water partition coefficient (Wildman–Crippen LogP) is 3.79. The number of halogens is 1. The van der Waals surface area contributed by atoms with Gasteiger partial charge in [-0.15, -0.1) is 0 Å². The Hall–Kier alpha value is -0.560. The molecule has 1 rings (SSSR count). The van der Waals surface area contributed by atoms with E-state index in [2.05, 4.69) is 47.1 Å². The van der Waals surface area contributed by atoms with Gasteiger partial charge >= 0.3 is 0 Å². The molecule has 0 radical (unpaired) electrons. The van der Waals surface area contributed by atoms with Crippen molar-refractivity contribution in [2.75, 3.05) is 0 Å². The number of hydrogen-bond donors (Lipinski definition) is 0. The van der Waals surface area contributed by atoms with Crippen molar-refractivity contribution in [1.82, 2.24) is 0 Å². The third-order valence-electron chi connectivity index (χ3n) is 1.42. The van der Waals surface area contributed by atoms with Gasteiger partial charge in [-0.05, 0) is 37.1 Å². The predicted molar refractivity (Wildman–Crippen MR) is 53.6 cm³/mol. The minimum Gasteiger partial charge on any atom is -0.0871 e. The van der Waals surface area contributed by atoms with Crippen molar-refractivity contribution < 1.29 is 0 Å². The van der Waals surface area contributed by atoms with Crippen molar-refractivity contribution in [1.29, 1.82) is 0 Å². The smallest absolute Gasteiger partial charge is 0.0183 e. The highest BCUT2D eigenvalue weighted by Gasteiger charge is 1.91. The van der Waals surface area contributed by atoms with Crippen LogP contribution < -0.4 is 0 Å². The zero-order valence-electron chi connectivity index (χ0n) is 6.76. The number of allylic oxidation sites excluding steroid dienone is 1. The Kier molecular flexibility index (Phi) is 2.89. The van der Waals surface area contributed by atoms with Crippen LogP contribution in [-0.2, 0) is 0 Å². The lowest BCUT2D eigenvalue weighted by Gasteiger charge is -1.97. The highest BCUT2D eigenvalue weighted by Crippen LogP contribution is 2.15. The summed E-state index contributed by atoms with van der Waals surface area (Å²) in [6.45, 7) is 4.12. The van der Waals surface area contributed by atoms with Crippen LogP contribution in [0.4, 0.5) is 0 Å². The Morgan fingerprint density at radius 2 is 2.00 bits per heavy atom. The summed E-state index contributed by atoms with van der Waals surface area (Å²) in [5.74, 6) is 0. The topological polar surface area (TPSA) is 0 Å². The molecule has 0 spiro atoms. The summed E-state index contributed by atoms with van der Waals surface area (Å²) >= 11 is 3.45. The van der Waals surface area contributed by atoms with Gasteiger partial charge in [-0.3, -0.25) is 0 Å². The first kappa shape index (κ1) is 8.54. The summed E-state index contributed by atoms with van der Waals surface area (Å²) in [6, 6.07) is 6.37. The molecular formula is C10H11Br. The van der Waals surface area contributed by atoms with E-state index in [-0.39, 0.29) is 0 Å². The summed E-state index contributed by atoms with van der Waals surface area (Å²) < 4.78 is 1.14. The van der Waals surface area contributed by atoms with Crippen LogP contribution in [-0.4, -0.2) is 0 Å². The van der Waals surface area contributed by atoms with Gasteiger partial charge in [-0.1, -0.05) is 34.1 Å². The molecule has 1 aromatic rings. The van der Waals surface area contributed by atoms with Gasteiger partial charge in [-0.25, -0.2) is 0 Å². The molecule has 0 saturated carbocycles. The molecule has 0 fully saturated rings. The quantitative estimate of drug-likeness (QED) is 0.662. The van der Waals surface area contributed by atoms with Crippen LogP contribution in [0.5, 0.6) is 0 Å². The molecule has 0 aliphatic carbocycles. The Labute approximate surface area is 76.1 Å². The first-order valence-electron chi connectivity index (χ1n) is 3.62. The summed E-state index contributed by atoms with van der Waals surface area (Å²) in [4.78, 5) is 0. The molecule has 0 heterocycles. The van der Waals surface area contributed by atoms with E-state index in [1.165, 1.54) is 11.1 Å². The van der Waals surface area contributed by atoms with Crippen LogP contribution >= 0.6 is 15.9 Å². The van der Waals surface area contributed by atoms with Crippen LogP contribution in [0.2, 0.25) is 0 Å². The van der Waals surface area contributed by atoms with E-state index >= 15 is 0 Å². The second-order valence-electron chi connectivity index (χ2n) is 2.56. The second kappa shape index (κ2) is 3.72. The normalized spacial score (nSPS) is 10.8. The van der Waals surface area contributed by atoms with Gasteiger partial charge in [0.15, 0.2) is 0 Å². The SMILES string of the molecule is C/C=C/c1cc(C)cc(Br)c1. The van der Waals surface area contributed by atoms with E-state index in [1.54, 1.807) is 0 Å². The zero-order chi connectivity index (χ0) is 8.27. The second-order valence-corrected chi connectivity index (χ2v) is 3.48. The van der Waals surface area contributed by atoms with E-state index in [9.17, 15) is 0 Å². The maximum absolute atomic E-state index is 3.45. The van der Waals surface area contributed by atoms with Crippen LogP contribution in [0.3, 0.4) is 0 Å². The molecule has 11 heavy (non-hydrogen) atoms. The summed E-state index contributed by atoms with van der Waals surface area (Å²) in [7, 11) is 0. The van der Waals surface area contributed by atoms with Crippen LogP contribution in [0.25, 0.3) is 6.08 Å². The fraction of sp³-hybridized carbons (Fsp3) is 0.200. The van der Waals surface area contributed by atoms with Gasteiger partial charge in [0.1, 0.15) is 0 Å². The fourth-order valence-corrected chi connectivity index (χ4v) is 1.68. The lowest BCUT2D eigenvalue weighted by molar-refractivity contribution is 1.44. The molecule has 0 bridgehead atoms. The number of aryl methyl sites for hydroxylation is 1. The van der Waals surface area contributed by atoms with Crippen LogP contribution in [0, 0.1) is 6.92 Å². The molecule has 0 unspecified atom stereocenters. The van der Waals surface area contributed by atoms with Gasteiger partial charge in [0.05, 0.1) is 0 Å².